The van der Waals surface area contributed by atoms with Crippen LogP contribution in [0.15, 0.2) is 12.1 Å². The summed E-state index contributed by atoms with van der Waals surface area (Å²) < 4.78 is 37.5. The molecule has 0 spiro atoms. The third kappa shape index (κ3) is 2.11. The zero-order valence-electron chi connectivity index (χ0n) is 6.27. The standard InChI is InChI=1S/C7H5F3N2O/c8-3-1-5(10)6(2-4(3)9)12-7(11)13/h1-2H,(H3,11,12,13). The number of anilines is 1. The van der Waals surface area contributed by atoms with Crippen molar-refractivity contribution >= 4 is 11.7 Å². The van der Waals surface area contributed by atoms with E-state index in [9.17, 15) is 18.0 Å². The zero-order valence-corrected chi connectivity index (χ0v) is 6.27. The number of primary amides is 1. The highest BCUT2D eigenvalue weighted by atomic mass is 19.2. The summed E-state index contributed by atoms with van der Waals surface area (Å²) in [7, 11) is 0. The van der Waals surface area contributed by atoms with Crippen LogP contribution < -0.4 is 11.1 Å². The van der Waals surface area contributed by atoms with Gasteiger partial charge in [-0.15, -0.1) is 0 Å². The highest BCUT2D eigenvalue weighted by Gasteiger charge is 2.10. The van der Waals surface area contributed by atoms with E-state index in [2.05, 4.69) is 5.73 Å². The van der Waals surface area contributed by atoms with Gasteiger partial charge in [0.25, 0.3) is 0 Å². The normalized spacial score (nSPS) is 9.77. The van der Waals surface area contributed by atoms with E-state index in [1.54, 1.807) is 5.32 Å². The minimum atomic E-state index is -1.33. The van der Waals surface area contributed by atoms with E-state index in [1.165, 1.54) is 0 Å². The molecule has 0 unspecified atom stereocenters. The van der Waals surface area contributed by atoms with Crippen LogP contribution in [0.5, 0.6) is 0 Å². The van der Waals surface area contributed by atoms with E-state index in [0.29, 0.717) is 12.1 Å². The molecule has 0 bridgehead atoms. The van der Waals surface area contributed by atoms with E-state index in [0.717, 1.165) is 0 Å². The molecule has 0 aliphatic heterocycles. The fourth-order valence-corrected chi connectivity index (χ4v) is 0.751. The van der Waals surface area contributed by atoms with Crippen LogP contribution in [0.2, 0.25) is 0 Å². The average Bonchev–Trinajstić information content (AvgIpc) is 1.99. The van der Waals surface area contributed by atoms with Crippen LogP contribution >= 0.6 is 0 Å². The lowest BCUT2D eigenvalue weighted by molar-refractivity contribution is 0.259. The lowest BCUT2D eigenvalue weighted by Gasteiger charge is -2.03. The molecular weight excluding hydrogens is 185 g/mol. The number of benzene rings is 1. The monoisotopic (exact) mass is 190 g/mol. The second kappa shape index (κ2) is 3.34. The highest BCUT2D eigenvalue weighted by molar-refractivity contribution is 5.87. The Bertz CT molecular complexity index is 354. The number of halogens is 3. The predicted molar refractivity (Wildman–Crippen MR) is 39.5 cm³/mol. The van der Waals surface area contributed by atoms with Crippen LogP contribution in [0.3, 0.4) is 0 Å². The molecule has 0 saturated heterocycles. The van der Waals surface area contributed by atoms with Crippen LogP contribution in [-0.2, 0) is 0 Å². The first-order valence-corrected chi connectivity index (χ1v) is 3.21. The molecule has 0 saturated carbocycles. The van der Waals surface area contributed by atoms with E-state index < -0.39 is 29.2 Å². The van der Waals surface area contributed by atoms with Crippen molar-refractivity contribution < 1.29 is 18.0 Å². The maximum atomic E-state index is 12.7. The minimum absolute atomic E-state index is 0.320. The lowest BCUT2D eigenvalue weighted by Crippen LogP contribution is -2.20. The van der Waals surface area contributed by atoms with Crippen molar-refractivity contribution in [2.45, 2.75) is 0 Å². The molecule has 2 amide bonds. The van der Waals surface area contributed by atoms with Gasteiger partial charge in [-0.05, 0) is 0 Å². The Morgan fingerprint density at radius 1 is 1.15 bits per heavy atom. The number of carbonyl (C=O) groups excluding carboxylic acids is 1. The van der Waals surface area contributed by atoms with Crippen molar-refractivity contribution in [3.63, 3.8) is 0 Å². The molecule has 0 radical (unpaired) electrons. The Hall–Kier alpha value is -1.72. The molecule has 0 fully saturated rings. The average molecular weight is 190 g/mol. The maximum absolute atomic E-state index is 12.7. The minimum Gasteiger partial charge on any atom is -0.351 e. The molecule has 1 aromatic carbocycles. The van der Waals surface area contributed by atoms with Gasteiger partial charge in [0.05, 0.1) is 5.69 Å². The molecule has 3 nitrogen and oxygen atoms in total. The van der Waals surface area contributed by atoms with E-state index >= 15 is 0 Å². The third-order valence-electron chi connectivity index (χ3n) is 1.27. The van der Waals surface area contributed by atoms with Gasteiger partial charge in [0.15, 0.2) is 11.6 Å². The SMILES string of the molecule is NC(=O)Nc1cc(F)c(F)cc1F. The lowest BCUT2D eigenvalue weighted by atomic mass is 10.3. The third-order valence-corrected chi connectivity index (χ3v) is 1.27. The van der Waals surface area contributed by atoms with Gasteiger partial charge in [0.2, 0.25) is 0 Å². The van der Waals surface area contributed by atoms with Gasteiger partial charge in [-0.1, -0.05) is 0 Å². The molecular formula is C7H5F3N2O. The van der Waals surface area contributed by atoms with E-state index in [1.807, 2.05) is 0 Å². The summed E-state index contributed by atoms with van der Waals surface area (Å²) in [5, 5.41) is 1.80. The van der Waals surface area contributed by atoms with Crippen molar-refractivity contribution in [3.05, 3.63) is 29.6 Å². The Kier molecular flexibility index (Phi) is 2.41. The van der Waals surface area contributed by atoms with Crippen molar-refractivity contribution in [1.82, 2.24) is 0 Å². The van der Waals surface area contributed by atoms with Gasteiger partial charge in [-0.2, -0.15) is 0 Å². The number of hydrogen-bond donors (Lipinski definition) is 2. The van der Waals surface area contributed by atoms with E-state index in [-0.39, 0.29) is 0 Å². The van der Waals surface area contributed by atoms with Crippen LogP contribution in [-0.4, -0.2) is 6.03 Å². The van der Waals surface area contributed by atoms with Crippen LogP contribution in [0.4, 0.5) is 23.7 Å². The Morgan fingerprint density at radius 2 is 1.69 bits per heavy atom. The molecule has 0 aromatic heterocycles. The molecule has 1 rings (SSSR count). The molecule has 70 valence electrons. The van der Waals surface area contributed by atoms with Crippen molar-refractivity contribution in [2.24, 2.45) is 5.73 Å². The Morgan fingerprint density at radius 3 is 2.23 bits per heavy atom. The van der Waals surface area contributed by atoms with Gasteiger partial charge < -0.3 is 11.1 Å². The second-order valence-corrected chi connectivity index (χ2v) is 2.24. The first-order valence-electron chi connectivity index (χ1n) is 3.21. The quantitative estimate of drug-likeness (QED) is 0.649. The van der Waals surface area contributed by atoms with Crippen molar-refractivity contribution in [3.8, 4) is 0 Å². The van der Waals surface area contributed by atoms with Gasteiger partial charge in [-0.3, -0.25) is 0 Å². The van der Waals surface area contributed by atoms with Crippen LogP contribution in [0.25, 0.3) is 0 Å². The second-order valence-electron chi connectivity index (χ2n) is 2.24. The zero-order chi connectivity index (χ0) is 10.0. The number of amides is 2. The van der Waals surface area contributed by atoms with Crippen molar-refractivity contribution in [2.75, 3.05) is 5.32 Å². The molecule has 0 atom stereocenters. The van der Waals surface area contributed by atoms with Gasteiger partial charge >= 0.3 is 6.03 Å². The summed E-state index contributed by atoms with van der Waals surface area (Å²) in [6.45, 7) is 0. The number of nitrogens with two attached hydrogens (primary N) is 1. The summed E-state index contributed by atoms with van der Waals surface area (Å²) in [4.78, 5) is 10.2. The summed E-state index contributed by atoms with van der Waals surface area (Å²) in [5.41, 5.74) is 4.15. The van der Waals surface area contributed by atoms with Gasteiger partial charge in [0.1, 0.15) is 5.82 Å². The predicted octanol–water partition coefficient (Wildman–Crippen LogP) is 1.59. The largest absolute Gasteiger partial charge is 0.351 e. The fraction of sp³-hybridized carbons (Fsp3) is 0. The molecule has 0 aliphatic rings. The Labute approximate surface area is 71.3 Å². The molecule has 3 N–H and O–H groups in total. The summed E-state index contributed by atoms with van der Waals surface area (Å²) in [6.07, 6.45) is 0. The van der Waals surface area contributed by atoms with Crippen LogP contribution in [0.1, 0.15) is 0 Å². The Balaban J connectivity index is 3.08. The number of nitrogens with one attached hydrogen (secondary N) is 1. The van der Waals surface area contributed by atoms with E-state index in [4.69, 9.17) is 0 Å². The van der Waals surface area contributed by atoms with Crippen molar-refractivity contribution in [1.29, 1.82) is 0 Å². The number of urea groups is 1. The first kappa shape index (κ1) is 9.37. The van der Waals surface area contributed by atoms with Gasteiger partial charge in [0, 0.05) is 12.1 Å². The molecule has 6 heteroatoms. The fourth-order valence-electron chi connectivity index (χ4n) is 0.751. The topological polar surface area (TPSA) is 55.1 Å². The smallest absolute Gasteiger partial charge is 0.316 e. The maximum Gasteiger partial charge on any atom is 0.316 e. The molecule has 0 aliphatic carbocycles. The van der Waals surface area contributed by atoms with Crippen LogP contribution in [0, 0.1) is 17.5 Å². The molecule has 0 heterocycles. The summed E-state index contributed by atoms with van der Waals surface area (Å²) in [5.74, 6) is -3.67. The summed E-state index contributed by atoms with van der Waals surface area (Å²) in [6, 6.07) is -0.222. The number of carbonyl (C=O) groups is 1. The highest BCUT2D eigenvalue weighted by Crippen LogP contribution is 2.17. The van der Waals surface area contributed by atoms with Gasteiger partial charge in [-0.25, -0.2) is 18.0 Å². The molecule has 1 aromatic rings. The summed E-state index contributed by atoms with van der Waals surface area (Å²) >= 11 is 0. The number of rotatable bonds is 1. The molecule has 13 heavy (non-hydrogen) atoms. The number of hydrogen-bond acceptors (Lipinski definition) is 1. The first-order chi connectivity index (χ1) is 6.00.